The Bertz CT molecular complexity index is 404. The maximum atomic E-state index is 11.9. The number of hydrogen-bond donors (Lipinski definition) is 2. The average Bonchev–Trinajstić information content (AvgIpc) is 2.37. The summed E-state index contributed by atoms with van der Waals surface area (Å²) in [5, 5.41) is 2.98. The second-order valence-electron chi connectivity index (χ2n) is 5.18. The molecule has 4 heteroatoms. The Morgan fingerprint density at radius 2 is 2.00 bits per heavy atom. The summed E-state index contributed by atoms with van der Waals surface area (Å²) < 4.78 is 0. The van der Waals surface area contributed by atoms with Crippen LogP contribution in [0.4, 0.5) is 11.4 Å². The van der Waals surface area contributed by atoms with Gasteiger partial charge in [0, 0.05) is 20.5 Å². The Morgan fingerprint density at radius 1 is 1.32 bits per heavy atom. The Labute approximate surface area is 116 Å². The average molecular weight is 263 g/mol. The predicted octanol–water partition coefficient (Wildman–Crippen LogP) is 2.46. The van der Waals surface area contributed by atoms with E-state index in [0.29, 0.717) is 18.9 Å². The van der Waals surface area contributed by atoms with Crippen molar-refractivity contribution in [3.8, 4) is 0 Å². The molecule has 0 spiro atoms. The zero-order valence-electron chi connectivity index (χ0n) is 12.1. The van der Waals surface area contributed by atoms with Crippen LogP contribution in [0.25, 0.3) is 0 Å². The highest BCUT2D eigenvalue weighted by molar-refractivity contribution is 5.94. The molecule has 0 aromatic heterocycles. The largest absolute Gasteiger partial charge is 0.376 e. The first-order valence-electron chi connectivity index (χ1n) is 6.81. The van der Waals surface area contributed by atoms with Crippen molar-refractivity contribution in [1.29, 1.82) is 0 Å². The molecule has 0 fully saturated rings. The number of anilines is 2. The summed E-state index contributed by atoms with van der Waals surface area (Å²) in [5.74, 6) is 0.568. The van der Waals surface area contributed by atoms with E-state index in [1.165, 1.54) is 0 Å². The van der Waals surface area contributed by atoms with Gasteiger partial charge in [-0.3, -0.25) is 4.79 Å². The van der Waals surface area contributed by atoms with Gasteiger partial charge >= 0.3 is 0 Å². The van der Waals surface area contributed by atoms with E-state index in [2.05, 4.69) is 12.2 Å². The molecule has 1 aromatic rings. The lowest BCUT2D eigenvalue weighted by Crippen LogP contribution is -2.17. The van der Waals surface area contributed by atoms with Crippen LogP contribution in [-0.2, 0) is 4.79 Å². The predicted molar refractivity (Wildman–Crippen MR) is 81.5 cm³/mol. The van der Waals surface area contributed by atoms with Crippen LogP contribution in [0.5, 0.6) is 0 Å². The number of amides is 1. The molecule has 1 atom stereocenters. The van der Waals surface area contributed by atoms with Gasteiger partial charge in [0.15, 0.2) is 0 Å². The van der Waals surface area contributed by atoms with Crippen molar-refractivity contribution in [3.05, 3.63) is 24.3 Å². The van der Waals surface area contributed by atoms with E-state index in [0.717, 1.165) is 24.2 Å². The number of rotatable bonds is 7. The van der Waals surface area contributed by atoms with Gasteiger partial charge in [-0.15, -0.1) is 0 Å². The summed E-state index contributed by atoms with van der Waals surface area (Å²) in [7, 11) is 3.93. The van der Waals surface area contributed by atoms with Crippen molar-refractivity contribution < 1.29 is 4.79 Å². The van der Waals surface area contributed by atoms with Crippen molar-refractivity contribution in [3.63, 3.8) is 0 Å². The van der Waals surface area contributed by atoms with Crippen molar-refractivity contribution in [2.75, 3.05) is 30.9 Å². The summed E-state index contributed by atoms with van der Waals surface area (Å²) >= 11 is 0. The number of hydrogen-bond acceptors (Lipinski definition) is 3. The first kappa shape index (κ1) is 15.5. The number of benzene rings is 1. The number of carbonyl (C=O) groups excluding carboxylic acids is 1. The maximum Gasteiger partial charge on any atom is 0.224 e. The van der Waals surface area contributed by atoms with E-state index in [9.17, 15) is 4.79 Å². The Kier molecular flexibility index (Phi) is 6.36. The highest BCUT2D eigenvalue weighted by atomic mass is 16.1. The van der Waals surface area contributed by atoms with E-state index in [4.69, 9.17) is 5.73 Å². The van der Waals surface area contributed by atoms with Crippen LogP contribution in [0, 0.1) is 5.92 Å². The SMILES string of the molecule is CC(CCN)CCC(=O)Nc1ccccc1N(C)C. The molecule has 0 aliphatic rings. The zero-order chi connectivity index (χ0) is 14.3. The van der Waals surface area contributed by atoms with Gasteiger partial charge in [-0.25, -0.2) is 0 Å². The van der Waals surface area contributed by atoms with Crippen LogP contribution >= 0.6 is 0 Å². The van der Waals surface area contributed by atoms with E-state index in [-0.39, 0.29) is 5.91 Å². The lowest BCUT2D eigenvalue weighted by molar-refractivity contribution is -0.116. The topological polar surface area (TPSA) is 58.4 Å². The second kappa shape index (κ2) is 7.79. The standard InChI is InChI=1S/C15H25N3O/c1-12(10-11-16)8-9-15(19)17-13-6-4-5-7-14(13)18(2)3/h4-7,12H,8-11,16H2,1-3H3,(H,17,19). The molecule has 0 bridgehead atoms. The fraction of sp³-hybridized carbons (Fsp3) is 0.533. The molecule has 1 aromatic carbocycles. The second-order valence-corrected chi connectivity index (χ2v) is 5.18. The summed E-state index contributed by atoms with van der Waals surface area (Å²) in [6.07, 6.45) is 2.40. The summed E-state index contributed by atoms with van der Waals surface area (Å²) in [5.41, 5.74) is 7.39. The quantitative estimate of drug-likeness (QED) is 0.794. The van der Waals surface area contributed by atoms with Gasteiger partial charge in [0.2, 0.25) is 5.91 Å². The maximum absolute atomic E-state index is 11.9. The van der Waals surface area contributed by atoms with Crippen molar-refractivity contribution in [2.24, 2.45) is 11.7 Å². The van der Waals surface area contributed by atoms with E-state index in [1.54, 1.807) is 0 Å². The van der Waals surface area contributed by atoms with Gasteiger partial charge in [-0.05, 0) is 37.4 Å². The minimum atomic E-state index is 0.0678. The van der Waals surface area contributed by atoms with Crippen LogP contribution < -0.4 is 16.0 Å². The summed E-state index contributed by atoms with van der Waals surface area (Å²) in [6.45, 7) is 2.82. The molecule has 0 aliphatic carbocycles. The van der Waals surface area contributed by atoms with Gasteiger partial charge in [0.1, 0.15) is 0 Å². The lowest BCUT2D eigenvalue weighted by atomic mass is 10.0. The number of nitrogens with one attached hydrogen (secondary N) is 1. The summed E-state index contributed by atoms with van der Waals surface area (Å²) in [4.78, 5) is 13.9. The first-order valence-corrected chi connectivity index (χ1v) is 6.81. The van der Waals surface area contributed by atoms with Crippen molar-refractivity contribution in [1.82, 2.24) is 0 Å². The monoisotopic (exact) mass is 263 g/mol. The van der Waals surface area contributed by atoms with Crippen LogP contribution in [0.1, 0.15) is 26.2 Å². The van der Waals surface area contributed by atoms with E-state index < -0.39 is 0 Å². The minimum absolute atomic E-state index is 0.0678. The molecule has 106 valence electrons. The molecule has 1 unspecified atom stereocenters. The third kappa shape index (κ3) is 5.30. The molecule has 1 rings (SSSR count). The fourth-order valence-electron chi connectivity index (χ4n) is 1.99. The molecule has 0 radical (unpaired) electrons. The van der Waals surface area contributed by atoms with Gasteiger partial charge < -0.3 is 16.0 Å². The van der Waals surface area contributed by atoms with Crippen molar-refractivity contribution in [2.45, 2.75) is 26.2 Å². The molecule has 0 saturated carbocycles. The Balaban J connectivity index is 2.53. The highest BCUT2D eigenvalue weighted by Gasteiger charge is 2.09. The first-order chi connectivity index (χ1) is 9.04. The van der Waals surface area contributed by atoms with Gasteiger partial charge in [0.05, 0.1) is 11.4 Å². The van der Waals surface area contributed by atoms with E-state index in [1.807, 2.05) is 43.3 Å². The fourth-order valence-corrected chi connectivity index (χ4v) is 1.99. The smallest absolute Gasteiger partial charge is 0.224 e. The van der Waals surface area contributed by atoms with Gasteiger partial charge in [0.25, 0.3) is 0 Å². The van der Waals surface area contributed by atoms with Gasteiger partial charge in [-0.1, -0.05) is 19.1 Å². The third-order valence-corrected chi connectivity index (χ3v) is 3.18. The Morgan fingerprint density at radius 3 is 2.63 bits per heavy atom. The number of nitrogens with two attached hydrogens (primary N) is 1. The zero-order valence-corrected chi connectivity index (χ0v) is 12.1. The lowest BCUT2D eigenvalue weighted by Gasteiger charge is -2.18. The molecular weight excluding hydrogens is 238 g/mol. The molecule has 0 saturated heterocycles. The minimum Gasteiger partial charge on any atom is -0.376 e. The van der Waals surface area contributed by atoms with Gasteiger partial charge in [-0.2, -0.15) is 0 Å². The van der Waals surface area contributed by atoms with Crippen LogP contribution in [0.2, 0.25) is 0 Å². The van der Waals surface area contributed by atoms with Crippen LogP contribution in [0.15, 0.2) is 24.3 Å². The molecule has 1 amide bonds. The summed E-state index contributed by atoms with van der Waals surface area (Å²) in [6, 6.07) is 7.82. The third-order valence-electron chi connectivity index (χ3n) is 3.18. The van der Waals surface area contributed by atoms with Crippen LogP contribution in [-0.4, -0.2) is 26.5 Å². The van der Waals surface area contributed by atoms with E-state index >= 15 is 0 Å². The Hall–Kier alpha value is -1.55. The molecule has 3 N–H and O–H groups in total. The molecule has 19 heavy (non-hydrogen) atoms. The molecule has 4 nitrogen and oxygen atoms in total. The highest BCUT2D eigenvalue weighted by Crippen LogP contribution is 2.23. The number of para-hydroxylation sites is 2. The molecule has 0 aliphatic heterocycles. The molecule has 0 heterocycles. The van der Waals surface area contributed by atoms with Crippen molar-refractivity contribution >= 4 is 17.3 Å². The normalized spacial score (nSPS) is 12.0. The number of nitrogens with zero attached hydrogens (tertiary/aromatic N) is 1. The number of carbonyl (C=O) groups is 1. The van der Waals surface area contributed by atoms with Crippen LogP contribution in [0.3, 0.4) is 0 Å². The molecular formula is C15H25N3O.